The van der Waals surface area contributed by atoms with E-state index in [1.807, 2.05) is 6.92 Å². The van der Waals surface area contributed by atoms with Crippen molar-refractivity contribution in [2.75, 3.05) is 19.6 Å². The van der Waals surface area contributed by atoms with Gasteiger partial charge in [0.25, 0.3) is 5.69 Å². The standard InChI is InChI=1S/C21H19N5O5/c1-13-8-14(12-29-2)18(10-22)21(24-13)25-23-11-16-5-7-19(31-16)17-6-4-15(26(27)28)9-20(17)30-3/h4-9,11H,12H2,1-3H3,(H,24,25)/b23-11-. The van der Waals surface area contributed by atoms with Gasteiger partial charge in [-0.1, -0.05) is 0 Å². The summed E-state index contributed by atoms with van der Waals surface area (Å²) in [4.78, 5) is 14.8. The van der Waals surface area contributed by atoms with Gasteiger partial charge >= 0.3 is 0 Å². The highest BCUT2D eigenvalue weighted by Crippen LogP contribution is 2.34. The molecular formula is C21H19N5O5. The summed E-state index contributed by atoms with van der Waals surface area (Å²) in [6, 6.07) is 11.5. The summed E-state index contributed by atoms with van der Waals surface area (Å²) < 4.78 is 16.1. The van der Waals surface area contributed by atoms with Gasteiger partial charge in [-0.15, -0.1) is 0 Å². The monoisotopic (exact) mass is 421 g/mol. The van der Waals surface area contributed by atoms with E-state index in [9.17, 15) is 15.4 Å². The van der Waals surface area contributed by atoms with E-state index in [-0.39, 0.29) is 12.3 Å². The molecule has 10 nitrogen and oxygen atoms in total. The minimum atomic E-state index is -0.495. The fourth-order valence-corrected chi connectivity index (χ4v) is 2.94. The van der Waals surface area contributed by atoms with Crippen molar-refractivity contribution in [3.8, 4) is 23.1 Å². The number of pyridine rings is 1. The van der Waals surface area contributed by atoms with Crippen LogP contribution >= 0.6 is 0 Å². The van der Waals surface area contributed by atoms with Crippen LogP contribution in [0.2, 0.25) is 0 Å². The van der Waals surface area contributed by atoms with Crippen molar-refractivity contribution in [1.29, 1.82) is 5.26 Å². The van der Waals surface area contributed by atoms with E-state index in [0.717, 1.165) is 0 Å². The number of hydrogen-bond donors (Lipinski definition) is 1. The number of furan rings is 1. The van der Waals surface area contributed by atoms with E-state index < -0.39 is 4.92 Å². The molecule has 0 aliphatic carbocycles. The number of ether oxygens (including phenoxy) is 2. The fraction of sp³-hybridized carbons (Fsp3) is 0.190. The number of nitro groups is 1. The van der Waals surface area contributed by atoms with Crippen molar-refractivity contribution in [2.24, 2.45) is 5.10 Å². The van der Waals surface area contributed by atoms with Crippen molar-refractivity contribution < 1.29 is 18.8 Å². The number of nitriles is 1. The van der Waals surface area contributed by atoms with Crippen LogP contribution in [0.1, 0.15) is 22.6 Å². The van der Waals surface area contributed by atoms with E-state index in [4.69, 9.17) is 13.9 Å². The third kappa shape index (κ3) is 4.85. The maximum absolute atomic E-state index is 11.0. The van der Waals surface area contributed by atoms with Gasteiger partial charge in [-0.05, 0) is 31.2 Å². The van der Waals surface area contributed by atoms with Crippen LogP contribution < -0.4 is 10.2 Å². The van der Waals surface area contributed by atoms with Crippen LogP contribution in [-0.4, -0.2) is 30.3 Å². The molecule has 0 fully saturated rings. The minimum absolute atomic E-state index is 0.0788. The van der Waals surface area contributed by atoms with Gasteiger partial charge in [-0.3, -0.25) is 15.5 Å². The number of nitro benzene ring substituents is 1. The summed E-state index contributed by atoms with van der Waals surface area (Å²) in [6.45, 7) is 2.09. The second-order valence-corrected chi connectivity index (χ2v) is 6.40. The van der Waals surface area contributed by atoms with Gasteiger partial charge in [0.2, 0.25) is 0 Å². The van der Waals surface area contributed by atoms with Gasteiger partial charge in [0, 0.05) is 24.4 Å². The number of non-ortho nitro benzene ring substituents is 1. The lowest BCUT2D eigenvalue weighted by Gasteiger charge is -2.09. The van der Waals surface area contributed by atoms with Gasteiger partial charge in [0.15, 0.2) is 5.82 Å². The third-order valence-corrected chi connectivity index (χ3v) is 4.29. The SMILES string of the molecule is COCc1cc(C)nc(N/N=C\c2ccc(-c3ccc([N+](=O)[O-])cc3OC)o2)c1C#N. The number of nitrogens with zero attached hydrogens (tertiary/aromatic N) is 4. The largest absolute Gasteiger partial charge is 0.496 e. The van der Waals surface area contributed by atoms with Crippen LogP contribution in [0.25, 0.3) is 11.3 Å². The average Bonchev–Trinajstić information content (AvgIpc) is 3.22. The Bertz CT molecular complexity index is 1180. The maximum Gasteiger partial charge on any atom is 0.273 e. The van der Waals surface area contributed by atoms with E-state index in [1.165, 1.54) is 25.5 Å². The number of anilines is 1. The van der Waals surface area contributed by atoms with Crippen LogP contribution in [0.4, 0.5) is 11.5 Å². The Kier molecular flexibility index (Phi) is 6.59. The van der Waals surface area contributed by atoms with E-state index in [2.05, 4.69) is 21.6 Å². The quantitative estimate of drug-likeness (QED) is 0.327. The van der Waals surface area contributed by atoms with Crippen molar-refractivity contribution in [1.82, 2.24) is 4.98 Å². The van der Waals surface area contributed by atoms with Crippen LogP contribution in [-0.2, 0) is 11.3 Å². The first-order valence-electron chi connectivity index (χ1n) is 9.08. The molecule has 2 aromatic heterocycles. The van der Waals surface area contributed by atoms with Crippen LogP contribution in [0, 0.1) is 28.4 Å². The molecule has 0 atom stereocenters. The Balaban J connectivity index is 1.81. The summed E-state index contributed by atoms with van der Waals surface area (Å²) in [6.07, 6.45) is 1.43. The number of benzene rings is 1. The molecule has 0 saturated carbocycles. The first kappa shape index (κ1) is 21.5. The van der Waals surface area contributed by atoms with Crippen molar-refractivity contribution >= 4 is 17.7 Å². The predicted molar refractivity (Wildman–Crippen MR) is 113 cm³/mol. The molecule has 0 unspecified atom stereocenters. The maximum atomic E-state index is 11.0. The molecule has 1 aromatic carbocycles. The molecule has 1 N–H and O–H groups in total. The number of aromatic nitrogens is 1. The van der Waals surface area contributed by atoms with Gasteiger partial charge in [0.1, 0.15) is 28.9 Å². The molecule has 3 rings (SSSR count). The third-order valence-electron chi connectivity index (χ3n) is 4.29. The molecule has 0 saturated heterocycles. The number of nitrogens with one attached hydrogen (secondary N) is 1. The number of hydrogen-bond acceptors (Lipinski definition) is 9. The molecule has 10 heteroatoms. The lowest BCUT2D eigenvalue weighted by Crippen LogP contribution is -2.03. The summed E-state index contributed by atoms with van der Waals surface area (Å²) >= 11 is 0. The van der Waals surface area contributed by atoms with Crippen molar-refractivity contribution in [2.45, 2.75) is 13.5 Å². The highest BCUT2D eigenvalue weighted by Gasteiger charge is 2.15. The highest BCUT2D eigenvalue weighted by atomic mass is 16.6. The lowest BCUT2D eigenvalue weighted by atomic mass is 10.1. The summed E-state index contributed by atoms with van der Waals surface area (Å²) in [5, 5.41) is 24.5. The zero-order chi connectivity index (χ0) is 22.4. The topological polar surface area (TPSA) is 136 Å². The summed E-state index contributed by atoms with van der Waals surface area (Å²) in [7, 11) is 2.98. The normalized spacial score (nSPS) is 10.8. The Morgan fingerprint density at radius 3 is 2.81 bits per heavy atom. The van der Waals surface area contributed by atoms with Crippen LogP contribution in [0.3, 0.4) is 0 Å². The van der Waals surface area contributed by atoms with E-state index in [0.29, 0.717) is 45.5 Å². The molecular weight excluding hydrogens is 402 g/mol. The Hall–Kier alpha value is -4.23. The number of methoxy groups -OCH3 is 2. The molecule has 0 aliphatic rings. The van der Waals surface area contributed by atoms with Crippen LogP contribution in [0.5, 0.6) is 5.75 Å². The van der Waals surface area contributed by atoms with Gasteiger partial charge < -0.3 is 13.9 Å². The first-order chi connectivity index (χ1) is 15.0. The van der Waals surface area contributed by atoms with Crippen molar-refractivity contribution in [3.05, 3.63) is 69.1 Å². The second-order valence-electron chi connectivity index (χ2n) is 6.40. The molecule has 3 aromatic rings. The van der Waals surface area contributed by atoms with Gasteiger partial charge in [-0.25, -0.2) is 4.98 Å². The predicted octanol–water partition coefficient (Wildman–Crippen LogP) is 4.03. The second kappa shape index (κ2) is 9.51. The van der Waals surface area contributed by atoms with Gasteiger partial charge in [-0.2, -0.15) is 10.4 Å². The minimum Gasteiger partial charge on any atom is -0.496 e. The number of rotatable bonds is 8. The molecule has 2 heterocycles. The van der Waals surface area contributed by atoms with Crippen LogP contribution in [0.15, 0.2) is 45.9 Å². The van der Waals surface area contributed by atoms with E-state index in [1.54, 1.807) is 31.4 Å². The molecule has 0 bridgehead atoms. The average molecular weight is 421 g/mol. The zero-order valence-electron chi connectivity index (χ0n) is 17.1. The molecule has 0 amide bonds. The van der Waals surface area contributed by atoms with E-state index >= 15 is 0 Å². The number of hydrazone groups is 1. The molecule has 31 heavy (non-hydrogen) atoms. The fourth-order valence-electron chi connectivity index (χ4n) is 2.94. The molecule has 158 valence electrons. The Morgan fingerprint density at radius 2 is 2.13 bits per heavy atom. The molecule has 0 spiro atoms. The Labute approximate surface area is 177 Å². The first-order valence-corrected chi connectivity index (χ1v) is 9.08. The summed E-state index contributed by atoms with van der Waals surface area (Å²) in [5.41, 5.74) is 5.03. The highest BCUT2D eigenvalue weighted by molar-refractivity contribution is 5.79. The van der Waals surface area contributed by atoms with Crippen molar-refractivity contribution in [3.63, 3.8) is 0 Å². The summed E-state index contributed by atoms with van der Waals surface area (Å²) in [5.74, 6) is 1.52. The molecule has 0 radical (unpaired) electrons. The number of aryl methyl sites for hydroxylation is 1. The smallest absolute Gasteiger partial charge is 0.273 e. The zero-order valence-corrected chi connectivity index (χ0v) is 17.1. The lowest BCUT2D eigenvalue weighted by molar-refractivity contribution is -0.384. The van der Waals surface area contributed by atoms with Gasteiger partial charge in [0.05, 0.1) is 36.5 Å². The Morgan fingerprint density at radius 1 is 1.32 bits per heavy atom. The molecule has 0 aliphatic heterocycles.